The molecule has 2 unspecified atom stereocenters. The lowest BCUT2D eigenvalue weighted by molar-refractivity contribution is -0.135. The van der Waals surface area contributed by atoms with E-state index in [0.29, 0.717) is 15.7 Å². The summed E-state index contributed by atoms with van der Waals surface area (Å²) < 4.78 is 11.2. The fraction of sp³-hybridized carbons (Fsp3) is 0.250. The third-order valence-electron chi connectivity index (χ3n) is 4.66. The smallest absolute Gasteiger partial charge is 0.297 e. The number of rotatable bonds is 7. The number of anilines is 1. The van der Waals surface area contributed by atoms with Gasteiger partial charge in [0, 0.05) is 0 Å². The van der Waals surface area contributed by atoms with E-state index in [0.717, 1.165) is 5.75 Å². The molecule has 0 spiro atoms. The van der Waals surface area contributed by atoms with Gasteiger partial charge < -0.3 is 9.15 Å². The highest BCUT2D eigenvalue weighted by Crippen LogP contribution is 2.43. The number of ether oxygens (including phenoxy) is 1. The molecule has 10 heteroatoms. The lowest BCUT2D eigenvalue weighted by Crippen LogP contribution is -2.30. The SMILES string of the molecule is CCSc1nnc(N2C(=O)C(=O)C(C(=O)c3ccco3)C2c2cccc(OC)c2)s1. The van der Waals surface area contributed by atoms with Gasteiger partial charge in [0.2, 0.25) is 16.7 Å². The van der Waals surface area contributed by atoms with Crippen molar-refractivity contribution in [2.45, 2.75) is 17.3 Å². The molecule has 4 rings (SSSR count). The lowest BCUT2D eigenvalue weighted by atomic mass is 9.88. The molecular formula is C20H17N3O5S2. The number of ketones is 2. The van der Waals surface area contributed by atoms with Gasteiger partial charge in [-0.25, -0.2) is 0 Å². The van der Waals surface area contributed by atoms with Crippen LogP contribution in [-0.4, -0.2) is 40.5 Å². The van der Waals surface area contributed by atoms with E-state index in [-0.39, 0.29) is 10.9 Å². The number of carbonyl (C=O) groups is 3. The summed E-state index contributed by atoms with van der Waals surface area (Å²) in [6, 6.07) is 9.10. The van der Waals surface area contributed by atoms with Crippen LogP contribution in [0.2, 0.25) is 0 Å². The summed E-state index contributed by atoms with van der Waals surface area (Å²) in [6.45, 7) is 1.98. The predicted molar refractivity (Wildman–Crippen MR) is 111 cm³/mol. The van der Waals surface area contributed by atoms with E-state index in [1.54, 1.807) is 30.3 Å². The van der Waals surface area contributed by atoms with E-state index >= 15 is 0 Å². The first kappa shape index (κ1) is 20.3. The van der Waals surface area contributed by atoms with E-state index < -0.39 is 29.4 Å². The van der Waals surface area contributed by atoms with Crippen LogP contribution in [0.3, 0.4) is 0 Å². The second-order valence-electron chi connectivity index (χ2n) is 6.36. The van der Waals surface area contributed by atoms with E-state index in [1.165, 1.54) is 47.4 Å². The predicted octanol–water partition coefficient (Wildman–Crippen LogP) is 3.41. The average molecular weight is 444 g/mol. The van der Waals surface area contributed by atoms with Gasteiger partial charge in [-0.15, -0.1) is 10.2 Å². The van der Waals surface area contributed by atoms with E-state index in [9.17, 15) is 14.4 Å². The van der Waals surface area contributed by atoms with Crippen molar-refractivity contribution >= 4 is 45.7 Å². The molecule has 2 atom stereocenters. The number of Topliss-reactive ketones (excluding diaryl/α,β-unsaturated/α-hetero) is 2. The molecule has 1 aliphatic heterocycles. The number of hydrogen-bond donors (Lipinski definition) is 0. The summed E-state index contributed by atoms with van der Waals surface area (Å²) in [6.07, 6.45) is 1.35. The molecule has 3 heterocycles. The summed E-state index contributed by atoms with van der Waals surface area (Å²) >= 11 is 2.69. The minimum atomic E-state index is -1.26. The Hall–Kier alpha value is -2.98. The van der Waals surface area contributed by atoms with Gasteiger partial charge in [-0.2, -0.15) is 0 Å². The summed E-state index contributed by atoms with van der Waals surface area (Å²) in [4.78, 5) is 40.3. The molecule has 0 saturated carbocycles. The number of carbonyl (C=O) groups excluding carboxylic acids is 3. The zero-order chi connectivity index (χ0) is 21.3. The molecule has 1 amide bonds. The Morgan fingerprint density at radius 1 is 1.27 bits per heavy atom. The molecule has 1 aliphatic rings. The summed E-state index contributed by atoms with van der Waals surface area (Å²) in [5.74, 6) is -2.05. The van der Waals surface area contributed by atoms with Crippen molar-refractivity contribution in [2.75, 3.05) is 17.8 Å². The second-order valence-corrected chi connectivity index (χ2v) is 8.83. The van der Waals surface area contributed by atoms with Gasteiger partial charge in [0.05, 0.1) is 19.4 Å². The Morgan fingerprint density at radius 2 is 2.10 bits per heavy atom. The Morgan fingerprint density at radius 3 is 2.80 bits per heavy atom. The number of thioether (sulfide) groups is 1. The van der Waals surface area contributed by atoms with Crippen molar-refractivity contribution < 1.29 is 23.5 Å². The van der Waals surface area contributed by atoms with Crippen LogP contribution in [0.5, 0.6) is 5.75 Å². The summed E-state index contributed by atoms with van der Waals surface area (Å²) in [7, 11) is 1.52. The van der Waals surface area contributed by atoms with Crippen LogP contribution in [0.1, 0.15) is 29.1 Å². The van der Waals surface area contributed by atoms with Crippen LogP contribution in [0.25, 0.3) is 0 Å². The van der Waals surface area contributed by atoms with E-state index in [2.05, 4.69) is 10.2 Å². The molecule has 2 aromatic heterocycles. The number of amides is 1. The van der Waals surface area contributed by atoms with Crippen molar-refractivity contribution in [3.05, 3.63) is 54.0 Å². The normalized spacial score (nSPS) is 18.8. The zero-order valence-electron chi connectivity index (χ0n) is 16.1. The summed E-state index contributed by atoms with van der Waals surface area (Å²) in [5.41, 5.74) is 0.582. The fourth-order valence-electron chi connectivity index (χ4n) is 3.36. The van der Waals surface area contributed by atoms with Crippen molar-refractivity contribution in [1.82, 2.24) is 10.2 Å². The van der Waals surface area contributed by atoms with Gasteiger partial charge in [0.25, 0.3) is 5.91 Å². The Balaban J connectivity index is 1.83. The lowest BCUT2D eigenvalue weighted by Gasteiger charge is -2.24. The van der Waals surface area contributed by atoms with Crippen molar-refractivity contribution in [3.63, 3.8) is 0 Å². The topological polar surface area (TPSA) is 103 Å². The number of methoxy groups -OCH3 is 1. The maximum Gasteiger partial charge on any atom is 0.297 e. The minimum absolute atomic E-state index is 0.0235. The molecule has 154 valence electrons. The quantitative estimate of drug-likeness (QED) is 0.180. The van der Waals surface area contributed by atoms with Crippen molar-refractivity contribution in [2.24, 2.45) is 5.92 Å². The number of furan rings is 1. The first-order valence-electron chi connectivity index (χ1n) is 9.10. The molecule has 0 N–H and O–H groups in total. The van der Waals surface area contributed by atoms with E-state index in [4.69, 9.17) is 9.15 Å². The molecule has 8 nitrogen and oxygen atoms in total. The Kier molecular flexibility index (Phi) is 5.69. The van der Waals surface area contributed by atoms with Gasteiger partial charge in [-0.1, -0.05) is 42.2 Å². The second kappa shape index (κ2) is 8.41. The van der Waals surface area contributed by atoms with Crippen molar-refractivity contribution in [3.8, 4) is 5.75 Å². The third-order valence-corrected chi connectivity index (χ3v) is 6.60. The average Bonchev–Trinajstić information content (AvgIpc) is 3.49. The molecule has 1 aromatic carbocycles. The highest BCUT2D eigenvalue weighted by Gasteiger charge is 2.54. The maximum atomic E-state index is 13.1. The monoisotopic (exact) mass is 443 g/mol. The van der Waals surface area contributed by atoms with Gasteiger partial charge in [-0.05, 0) is 35.6 Å². The summed E-state index contributed by atoms with van der Waals surface area (Å²) in [5, 5.41) is 8.47. The standard InChI is InChI=1S/C20H17N3O5S2/c1-3-29-20-22-21-19(30-20)23-15(11-6-4-7-12(10-11)27-2)14(17(25)18(23)26)16(24)13-8-5-9-28-13/h4-10,14-15H,3H2,1-2H3. The highest BCUT2D eigenvalue weighted by atomic mass is 32.2. The third kappa shape index (κ3) is 3.52. The molecule has 0 bridgehead atoms. The van der Waals surface area contributed by atoms with Gasteiger partial charge in [0.15, 0.2) is 10.1 Å². The van der Waals surface area contributed by atoms with Crippen LogP contribution in [-0.2, 0) is 9.59 Å². The Labute approximate surface area is 180 Å². The van der Waals surface area contributed by atoms with Crippen LogP contribution >= 0.6 is 23.1 Å². The molecule has 1 fully saturated rings. The first-order valence-corrected chi connectivity index (χ1v) is 10.9. The number of benzene rings is 1. The molecule has 30 heavy (non-hydrogen) atoms. The first-order chi connectivity index (χ1) is 14.5. The van der Waals surface area contributed by atoms with Crippen molar-refractivity contribution in [1.29, 1.82) is 0 Å². The molecule has 0 aliphatic carbocycles. The fourth-order valence-corrected chi connectivity index (χ4v) is 5.13. The van der Waals surface area contributed by atoms with Crippen LogP contribution in [0.4, 0.5) is 5.13 Å². The molecule has 0 radical (unpaired) electrons. The van der Waals surface area contributed by atoms with Gasteiger partial charge in [-0.3, -0.25) is 19.3 Å². The molecule has 3 aromatic rings. The minimum Gasteiger partial charge on any atom is -0.497 e. The maximum absolute atomic E-state index is 13.1. The molecular weight excluding hydrogens is 426 g/mol. The van der Waals surface area contributed by atoms with Gasteiger partial charge >= 0.3 is 0 Å². The van der Waals surface area contributed by atoms with E-state index in [1.807, 2.05) is 6.92 Å². The van der Waals surface area contributed by atoms with Gasteiger partial charge in [0.1, 0.15) is 11.7 Å². The van der Waals surface area contributed by atoms with Crippen LogP contribution in [0, 0.1) is 5.92 Å². The highest BCUT2D eigenvalue weighted by molar-refractivity contribution is 8.01. The molecule has 1 saturated heterocycles. The van der Waals surface area contributed by atoms with Crippen LogP contribution < -0.4 is 9.64 Å². The Bertz CT molecular complexity index is 1100. The largest absolute Gasteiger partial charge is 0.497 e. The number of hydrogen-bond acceptors (Lipinski definition) is 9. The van der Waals surface area contributed by atoms with Crippen LogP contribution in [0.15, 0.2) is 51.4 Å². The number of aromatic nitrogens is 2. The zero-order valence-corrected chi connectivity index (χ0v) is 17.7. The number of nitrogens with zero attached hydrogens (tertiary/aromatic N) is 3.